The first kappa shape index (κ1) is 18.4. The Morgan fingerprint density at radius 2 is 1.62 bits per heavy atom. The summed E-state index contributed by atoms with van der Waals surface area (Å²) in [5, 5.41) is 5.31. The normalized spacial score (nSPS) is 17.3. The first-order valence-corrected chi connectivity index (χ1v) is 8.56. The van der Waals surface area contributed by atoms with Gasteiger partial charge in [-0.3, -0.25) is 14.5 Å². The topological polar surface area (TPSA) is 64.7 Å². The van der Waals surface area contributed by atoms with E-state index < -0.39 is 11.8 Å². The molecule has 1 unspecified atom stereocenters. The van der Waals surface area contributed by atoms with Gasteiger partial charge in [-0.2, -0.15) is 0 Å². The van der Waals surface area contributed by atoms with Crippen LogP contribution in [0.1, 0.15) is 24.1 Å². The zero-order chi connectivity index (χ0) is 17.5. The van der Waals surface area contributed by atoms with E-state index in [1.165, 1.54) is 11.1 Å². The Morgan fingerprint density at radius 1 is 1.04 bits per heavy atom. The molecule has 2 amide bonds. The van der Waals surface area contributed by atoms with Gasteiger partial charge < -0.3 is 15.5 Å². The van der Waals surface area contributed by atoms with Crippen molar-refractivity contribution in [1.82, 2.24) is 20.4 Å². The minimum atomic E-state index is -0.571. The number of rotatable bonds is 5. The fraction of sp³-hybridized carbons (Fsp3) is 0.556. The van der Waals surface area contributed by atoms with Crippen LogP contribution in [-0.4, -0.2) is 67.9 Å². The Labute approximate surface area is 144 Å². The molecule has 1 fully saturated rings. The van der Waals surface area contributed by atoms with Crippen LogP contribution in [0.2, 0.25) is 0 Å². The number of piperazine rings is 1. The van der Waals surface area contributed by atoms with Crippen molar-refractivity contribution in [2.24, 2.45) is 0 Å². The van der Waals surface area contributed by atoms with E-state index in [0.717, 1.165) is 26.2 Å². The molecule has 0 spiro atoms. The van der Waals surface area contributed by atoms with Crippen molar-refractivity contribution in [3.8, 4) is 0 Å². The van der Waals surface area contributed by atoms with E-state index in [-0.39, 0.29) is 6.04 Å². The van der Waals surface area contributed by atoms with Crippen molar-refractivity contribution in [3.63, 3.8) is 0 Å². The predicted molar refractivity (Wildman–Crippen MR) is 94.7 cm³/mol. The lowest BCUT2D eigenvalue weighted by Crippen LogP contribution is -2.49. The van der Waals surface area contributed by atoms with Crippen molar-refractivity contribution < 1.29 is 9.59 Å². The number of hydrogen-bond donors (Lipinski definition) is 2. The van der Waals surface area contributed by atoms with E-state index in [1.54, 1.807) is 6.92 Å². The van der Waals surface area contributed by atoms with Crippen LogP contribution in [0.5, 0.6) is 0 Å². The predicted octanol–water partition coefficient (Wildman–Crippen LogP) is 0.536. The Hall–Kier alpha value is -1.92. The van der Waals surface area contributed by atoms with E-state index in [0.29, 0.717) is 13.1 Å². The molecule has 2 N–H and O–H groups in total. The highest BCUT2D eigenvalue weighted by atomic mass is 16.2. The van der Waals surface area contributed by atoms with E-state index in [9.17, 15) is 9.59 Å². The number of hydrogen-bond acceptors (Lipinski definition) is 4. The summed E-state index contributed by atoms with van der Waals surface area (Å²) in [5.41, 5.74) is 2.38. The van der Waals surface area contributed by atoms with Crippen molar-refractivity contribution >= 4 is 11.8 Å². The standard InChI is InChI=1S/C18H28N4O2/c1-4-19-17(23)18(24)20-13-16(15-7-5-14(2)6-8-15)22-11-9-21(3)10-12-22/h5-8,16H,4,9-13H2,1-3H3,(H,19,23)(H,20,24). The van der Waals surface area contributed by atoms with Crippen LogP contribution in [0, 0.1) is 6.92 Å². The fourth-order valence-corrected chi connectivity index (χ4v) is 2.89. The molecule has 1 aliphatic heterocycles. The summed E-state index contributed by atoms with van der Waals surface area (Å²) in [7, 11) is 2.12. The van der Waals surface area contributed by atoms with Gasteiger partial charge in [-0.15, -0.1) is 0 Å². The summed E-state index contributed by atoms with van der Waals surface area (Å²) < 4.78 is 0. The van der Waals surface area contributed by atoms with Crippen LogP contribution in [0.25, 0.3) is 0 Å². The maximum atomic E-state index is 11.9. The first-order valence-electron chi connectivity index (χ1n) is 8.56. The van der Waals surface area contributed by atoms with Gasteiger partial charge in [0.05, 0.1) is 6.04 Å². The third kappa shape index (κ3) is 5.04. The molecular weight excluding hydrogens is 304 g/mol. The summed E-state index contributed by atoms with van der Waals surface area (Å²) in [6.45, 7) is 8.66. The van der Waals surface area contributed by atoms with Crippen LogP contribution in [0.3, 0.4) is 0 Å². The van der Waals surface area contributed by atoms with Crippen LogP contribution in [0.4, 0.5) is 0 Å². The SMILES string of the molecule is CCNC(=O)C(=O)NCC(c1ccc(C)cc1)N1CCN(C)CC1. The molecule has 6 heteroatoms. The molecule has 1 heterocycles. The highest BCUT2D eigenvalue weighted by Gasteiger charge is 2.25. The molecule has 24 heavy (non-hydrogen) atoms. The second-order valence-electron chi connectivity index (χ2n) is 6.34. The molecule has 1 aliphatic rings. The van der Waals surface area contributed by atoms with Crippen LogP contribution in [-0.2, 0) is 9.59 Å². The van der Waals surface area contributed by atoms with E-state index in [1.807, 2.05) is 0 Å². The van der Waals surface area contributed by atoms with Crippen molar-refractivity contribution in [3.05, 3.63) is 35.4 Å². The second-order valence-corrected chi connectivity index (χ2v) is 6.34. The lowest BCUT2D eigenvalue weighted by Gasteiger charge is -2.38. The molecule has 2 rings (SSSR count). The molecule has 1 aromatic rings. The average molecular weight is 332 g/mol. The number of carbonyl (C=O) groups excluding carboxylic acids is 2. The Kier molecular flexibility index (Phi) is 6.75. The molecule has 6 nitrogen and oxygen atoms in total. The van der Waals surface area contributed by atoms with Crippen LogP contribution >= 0.6 is 0 Å². The molecule has 1 atom stereocenters. The van der Waals surface area contributed by atoms with Gasteiger partial charge in [-0.05, 0) is 26.5 Å². The number of aryl methyl sites for hydroxylation is 1. The summed E-state index contributed by atoms with van der Waals surface area (Å²) in [6, 6.07) is 8.47. The number of benzene rings is 1. The molecule has 132 valence electrons. The number of nitrogens with zero attached hydrogens (tertiary/aromatic N) is 2. The highest BCUT2D eigenvalue weighted by Crippen LogP contribution is 2.22. The lowest BCUT2D eigenvalue weighted by atomic mass is 10.0. The monoisotopic (exact) mass is 332 g/mol. The third-order valence-corrected chi connectivity index (χ3v) is 4.44. The molecule has 0 saturated carbocycles. The smallest absolute Gasteiger partial charge is 0.309 e. The highest BCUT2D eigenvalue weighted by molar-refractivity contribution is 6.35. The molecule has 0 aromatic heterocycles. The van der Waals surface area contributed by atoms with Crippen LogP contribution < -0.4 is 10.6 Å². The first-order chi connectivity index (χ1) is 11.5. The quantitative estimate of drug-likeness (QED) is 0.773. The fourth-order valence-electron chi connectivity index (χ4n) is 2.89. The van der Waals surface area contributed by atoms with Gasteiger partial charge in [0.15, 0.2) is 0 Å². The number of likely N-dealkylation sites (N-methyl/N-ethyl adjacent to an activating group) is 2. The zero-order valence-electron chi connectivity index (χ0n) is 14.8. The Balaban J connectivity index is 2.06. The minimum absolute atomic E-state index is 0.0812. The number of nitrogens with one attached hydrogen (secondary N) is 2. The average Bonchev–Trinajstić information content (AvgIpc) is 2.58. The van der Waals surface area contributed by atoms with Gasteiger partial charge in [-0.1, -0.05) is 29.8 Å². The number of amides is 2. The lowest BCUT2D eigenvalue weighted by molar-refractivity contribution is -0.139. The maximum Gasteiger partial charge on any atom is 0.309 e. The summed E-state index contributed by atoms with van der Waals surface area (Å²) in [4.78, 5) is 28.2. The molecule has 1 saturated heterocycles. The molecule has 1 aromatic carbocycles. The zero-order valence-corrected chi connectivity index (χ0v) is 14.8. The van der Waals surface area contributed by atoms with E-state index in [4.69, 9.17) is 0 Å². The van der Waals surface area contributed by atoms with Crippen molar-refractivity contribution in [1.29, 1.82) is 0 Å². The van der Waals surface area contributed by atoms with Gasteiger partial charge >= 0.3 is 11.8 Å². The van der Waals surface area contributed by atoms with Crippen molar-refractivity contribution in [2.75, 3.05) is 46.3 Å². The summed E-state index contributed by atoms with van der Waals surface area (Å²) in [6.07, 6.45) is 0. The molecule has 0 radical (unpaired) electrons. The Bertz CT molecular complexity index is 551. The van der Waals surface area contributed by atoms with Gasteiger partial charge in [-0.25, -0.2) is 0 Å². The largest absolute Gasteiger partial charge is 0.348 e. The maximum absolute atomic E-state index is 11.9. The van der Waals surface area contributed by atoms with Gasteiger partial charge in [0, 0.05) is 39.3 Å². The molecule has 0 bridgehead atoms. The van der Waals surface area contributed by atoms with Crippen molar-refractivity contribution in [2.45, 2.75) is 19.9 Å². The number of carbonyl (C=O) groups is 2. The van der Waals surface area contributed by atoms with Gasteiger partial charge in [0.25, 0.3) is 0 Å². The van der Waals surface area contributed by atoms with Gasteiger partial charge in [0.1, 0.15) is 0 Å². The second kappa shape index (κ2) is 8.80. The van der Waals surface area contributed by atoms with E-state index >= 15 is 0 Å². The molecular formula is C18H28N4O2. The summed E-state index contributed by atoms with van der Waals surface area (Å²) >= 11 is 0. The minimum Gasteiger partial charge on any atom is -0.348 e. The third-order valence-electron chi connectivity index (χ3n) is 4.44. The molecule has 0 aliphatic carbocycles. The summed E-state index contributed by atoms with van der Waals surface area (Å²) in [5.74, 6) is -1.14. The van der Waals surface area contributed by atoms with Crippen LogP contribution in [0.15, 0.2) is 24.3 Å². The van der Waals surface area contributed by atoms with Gasteiger partial charge in [0.2, 0.25) is 0 Å². The Morgan fingerprint density at radius 3 is 2.21 bits per heavy atom. The van der Waals surface area contributed by atoms with E-state index in [2.05, 4.69) is 58.7 Å².